The monoisotopic (exact) mass is 255 g/mol. The number of nitrogens with one attached hydrogen (secondary N) is 1. The fourth-order valence-electron chi connectivity index (χ4n) is 2.13. The van der Waals surface area contributed by atoms with Gasteiger partial charge in [0.2, 0.25) is 0 Å². The molecule has 5 nitrogen and oxygen atoms in total. The highest BCUT2D eigenvalue weighted by Crippen LogP contribution is 2.22. The lowest BCUT2D eigenvalue weighted by atomic mass is 10.1. The third kappa shape index (κ3) is 2.95. The van der Waals surface area contributed by atoms with E-state index in [1.807, 2.05) is 0 Å². The Morgan fingerprint density at radius 3 is 3.24 bits per heavy atom. The second-order valence-electron chi connectivity index (χ2n) is 4.26. The van der Waals surface area contributed by atoms with E-state index < -0.39 is 5.97 Å². The molecule has 2 heterocycles. The number of nitrogens with zero attached hydrogens (tertiary/aromatic N) is 2. The number of carboxylic acid groups (broad SMARTS) is 1. The lowest BCUT2D eigenvalue weighted by molar-refractivity contribution is 0.0692. The molecular weight excluding hydrogens is 238 g/mol. The van der Waals surface area contributed by atoms with Crippen LogP contribution in [0, 0.1) is 5.92 Å². The smallest absolute Gasteiger partial charge is 0.357 e. The van der Waals surface area contributed by atoms with Crippen LogP contribution in [-0.2, 0) is 0 Å². The van der Waals surface area contributed by atoms with Crippen LogP contribution in [0.4, 0.5) is 5.00 Å². The molecule has 2 N–H and O–H groups in total. The molecule has 17 heavy (non-hydrogen) atoms. The van der Waals surface area contributed by atoms with Crippen LogP contribution in [0.3, 0.4) is 0 Å². The van der Waals surface area contributed by atoms with Crippen LogP contribution in [0.5, 0.6) is 0 Å². The molecule has 1 fully saturated rings. The van der Waals surface area contributed by atoms with Crippen LogP contribution in [0.2, 0.25) is 0 Å². The van der Waals surface area contributed by atoms with Crippen molar-refractivity contribution >= 4 is 22.3 Å². The van der Waals surface area contributed by atoms with Crippen LogP contribution in [0.1, 0.15) is 23.8 Å². The molecule has 0 bridgehead atoms. The maximum Gasteiger partial charge on any atom is 0.357 e. The summed E-state index contributed by atoms with van der Waals surface area (Å²) in [5, 5.41) is 12.8. The lowest BCUT2D eigenvalue weighted by Gasteiger charge is -2.13. The van der Waals surface area contributed by atoms with E-state index in [-0.39, 0.29) is 5.69 Å². The lowest BCUT2D eigenvalue weighted by Crippen LogP contribution is -2.22. The van der Waals surface area contributed by atoms with Crippen LogP contribution in [0.25, 0.3) is 0 Å². The molecule has 1 saturated heterocycles. The summed E-state index contributed by atoms with van der Waals surface area (Å²) in [5.74, 6) is -0.353. The Bertz CT molecular complexity index is 394. The predicted octanol–water partition coefficient (Wildman–Crippen LogP) is 1.59. The van der Waals surface area contributed by atoms with Crippen LogP contribution in [0.15, 0.2) is 5.51 Å². The summed E-state index contributed by atoms with van der Waals surface area (Å²) in [4.78, 5) is 17.1. The van der Waals surface area contributed by atoms with Crippen molar-refractivity contribution in [2.45, 2.75) is 13.3 Å². The van der Waals surface area contributed by atoms with Gasteiger partial charge in [-0.3, -0.25) is 0 Å². The molecule has 0 saturated carbocycles. The van der Waals surface area contributed by atoms with E-state index in [4.69, 9.17) is 5.11 Å². The first kappa shape index (κ1) is 12.3. The van der Waals surface area contributed by atoms with E-state index in [1.54, 1.807) is 5.51 Å². The number of carbonyl (C=O) groups is 1. The van der Waals surface area contributed by atoms with Gasteiger partial charge in [0.25, 0.3) is 0 Å². The average Bonchev–Trinajstić information content (AvgIpc) is 2.95. The first-order chi connectivity index (χ1) is 8.20. The number of thiazole rings is 1. The zero-order chi connectivity index (χ0) is 12.3. The van der Waals surface area contributed by atoms with Crippen molar-refractivity contribution in [2.75, 3.05) is 31.5 Å². The first-order valence-electron chi connectivity index (χ1n) is 5.83. The fraction of sp³-hybridized carbons (Fsp3) is 0.636. The number of hydrogen-bond acceptors (Lipinski definition) is 5. The van der Waals surface area contributed by atoms with Crippen molar-refractivity contribution in [1.29, 1.82) is 0 Å². The molecule has 1 aliphatic rings. The van der Waals surface area contributed by atoms with E-state index in [0.717, 1.165) is 26.2 Å². The van der Waals surface area contributed by atoms with Crippen molar-refractivity contribution in [1.82, 2.24) is 9.88 Å². The number of anilines is 1. The number of likely N-dealkylation sites (tertiary alicyclic amines) is 1. The van der Waals surface area contributed by atoms with Gasteiger partial charge in [0.05, 0.1) is 5.51 Å². The minimum absolute atomic E-state index is 0.139. The molecule has 1 aliphatic heterocycles. The van der Waals surface area contributed by atoms with Crippen molar-refractivity contribution in [3.05, 3.63) is 11.2 Å². The molecule has 0 aliphatic carbocycles. The maximum absolute atomic E-state index is 10.9. The summed E-state index contributed by atoms with van der Waals surface area (Å²) in [5.41, 5.74) is 1.71. The quantitative estimate of drug-likeness (QED) is 0.836. The van der Waals surface area contributed by atoms with E-state index in [9.17, 15) is 4.79 Å². The summed E-state index contributed by atoms with van der Waals surface area (Å²) >= 11 is 1.35. The minimum Gasteiger partial charge on any atom is -0.476 e. The molecule has 0 aromatic carbocycles. The average molecular weight is 255 g/mol. The van der Waals surface area contributed by atoms with Gasteiger partial charge in [-0.05, 0) is 25.4 Å². The van der Waals surface area contributed by atoms with Crippen molar-refractivity contribution in [3.8, 4) is 0 Å². The third-order valence-corrected chi connectivity index (χ3v) is 3.92. The van der Waals surface area contributed by atoms with Crippen molar-refractivity contribution < 1.29 is 9.90 Å². The first-order valence-corrected chi connectivity index (χ1v) is 6.71. The predicted molar refractivity (Wildman–Crippen MR) is 67.8 cm³/mol. The number of aromatic carboxylic acids is 1. The Hall–Kier alpha value is -1.14. The van der Waals surface area contributed by atoms with Gasteiger partial charge in [0.15, 0.2) is 5.69 Å². The van der Waals surface area contributed by atoms with Gasteiger partial charge in [0, 0.05) is 13.1 Å². The number of aromatic nitrogens is 1. The molecule has 0 radical (unpaired) electrons. The number of carboxylic acids is 1. The molecule has 94 valence electrons. The Labute approximate surface area is 104 Å². The van der Waals surface area contributed by atoms with Crippen molar-refractivity contribution in [3.63, 3.8) is 0 Å². The molecule has 1 aromatic heterocycles. The fourth-order valence-corrected chi connectivity index (χ4v) is 2.81. The topological polar surface area (TPSA) is 65.5 Å². The summed E-state index contributed by atoms with van der Waals surface area (Å²) < 4.78 is 0. The highest BCUT2D eigenvalue weighted by atomic mass is 32.1. The van der Waals surface area contributed by atoms with Crippen LogP contribution < -0.4 is 5.32 Å². The van der Waals surface area contributed by atoms with E-state index >= 15 is 0 Å². The van der Waals surface area contributed by atoms with Gasteiger partial charge in [-0.15, -0.1) is 11.3 Å². The molecule has 1 atom stereocenters. The van der Waals surface area contributed by atoms with Gasteiger partial charge < -0.3 is 15.3 Å². The Morgan fingerprint density at radius 1 is 1.76 bits per heavy atom. The Balaban J connectivity index is 1.86. The van der Waals surface area contributed by atoms with Gasteiger partial charge in [-0.25, -0.2) is 9.78 Å². The Morgan fingerprint density at radius 2 is 2.59 bits per heavy atom. The van der Waals surface area contributed by atoms with Gasteiger partial charge >= 0.3 is 5.97 Å². The van der Waals surface area contributed by atoms with E-state index in [1.165, 1.54) is 17.8 Å². The Kier molecular flexibility index (Phi) is 3.96. The zero-order valence-electron chi connectivity index (χ0n) is 9.85. The minimum atomic E-state index is -0.963. The SMILES string of the molecule is CCN1CCC(CNc2scnc2C(=O)O)C1. The molecule has 0 spiro atoms. The normalized spacial score (nSPS) is 20.6. The zero-order valence-corrected chi connectivity index (χ0v) is 10.7. The van der Waals surface area contributed by atoms with Crippen LogP contribution >= 0.6 is 11.3 Å². The second-order valence-corrected chi connectivity index (χ2v) is 5.12. The summed E-state index contributed by atoms with van der Waals surface area (Å²) in [6.45, 7) is 6.35. The van der Waals surface area contributed by atoms with Gasteiger partial charge in [-0.1, -0.05) is 6.92 Å². The number of hydrogen-bond donors (Lipinski definition) is 2. The standard InChI is InChI=1S/C11H17N3O2S/c1-2-14-4-3-8(6-14)5-12-10-9(11(15)16)13-7-17-10/h7-8,12H,2-6H2,1H3,(H,15,16). The molecule has 1 aromatic rings. The molecular formula is C11H17N3O2S. The van der Waals surface area contributed by atoms with Crippen molar-refractivity contribution in [2.24, 2.45) is 5.92 Å². The van der Waals surface area contributed by atoms with Crippen LogP contribution in [-0.4, -0.2) is 47.1 Å². The highest BCUT2D eigenvalue weighted by molar-refractivity contribution is 7.14. The molecule has 1 unspecified atom stereocenters. The summed E-state index contributed by atoms with van der Waals surface area (Å²) in [6, 6.07) is 0. The number of rotatable bonds is 5. The van der Waals surface area contributed by atoms with E-state index in [2.05, 4.69) is 22.1 Å². The van der Waals surface area contributed by atoms with E-state index in [0.29, 0.717) is 10.9 Å². The summed E-state index contributed by atoms with van der Waals surface area (Å²) in [7, 11) is 0. The van der Waals surface area contributed by atoms with Gasteiger partial charge in [-0.2, -0.15) is 0 Å². The molecule has 0 amide bonds. The highest BCUT2D eigenvalue weighted by Gasteiger charge is 2.22. The van der Waals surface area contributed by atoms with Gasteiger partial charge in [0.1, 0.15) is 5.00 Å². The summed E-state index contributed by atoms with van der Waals surface area (Å²) in [6.07, 6.45) is 1.18. The largest absolute Gasteiger partial charge is 0.476 e. The molecule has 2 rings (SSSR count). The molecule has 6 heteroatoms. The third-order valence-electron chi connectivity index (χ3n) is 3.14. The maximum atomic E-state index is 10.9. The second kappa shape index (κ2) is 5.46.